The molecule has 0 amide bonds. The predicted molar refractivity (Wildman–Crippen MR) is 80.7 cm³/mol. The SMILES string of the molecule is CC1CCCN(C(C)c2nc3ccccc3c(=O)[nH]2)C1. The van der Waals surface area contributed by atoms with Gasteiger partial charge in [0, 0.05) is 6.54 Å². The van der Waals surface area contributed by atoms with Crippen LogP contribution in [0.3, 0.4) is 0 Å². The topological polar surface area (TPSA) is 49.0 Å². The van der Waals surface area contributed by atoms with Gasteiger partial charge in [-0.15, -0.1) is 0 Å². The minimum Gasteiger partial charge on any atom is -0.309 e. The highest BCUT2D eigenvalue weighted by Crippen LogP contribution is 2.24. The monoisotopic (exact) mass is 271 g/mol. The Morgan fingerprint density at radius 2 is 2.20 bits per heavy atom. The molecule has 2 atom stereocenters. The average molecular weight is 271 g/mol. The highest BCUT2D eigenvalue weighted by atomic mass is 16.1. The number of hydrogen-bond acceptors (Lipinski definition) is 3. The third-order valence-electron chi connectivity index (χ3n) is 4.26. The fourth-order valence-corrected chi connectivity index (χ4v) is 3.05. The van der Waals surface area contributed by atoms with Crippen LogP contribution in [0.4, 0.5) is 0 Å². The first kappa shape index (κ1) is 13.3. The highest BCUT2D eigenvalue weighted by molar-refractivity contribution is 5.77. The van der Waals surface area contributed by atoms with Crippen molar-refractivity contribution in [2.24, 2.45) is 5.92 Å². The molecule has 0 radical (unpaired) electrons. The third-order valence-corrected chi connectivity index (χ3v) is 4.26. The minimum atomic E-state index is -0.0393. The van der Waals surface area contributed by atoms with Gasteiger partial charge >= 0.3 is 0 Å². The molecule has 1 aromatic carbocycles. The van der Waals surface area contributed by atoms with Crippen molar-refractivity contribution in [1.29, 1.82) is 0 Å². The molecule has 0 saturated carbocycles. The summed E-state index contributed by atoms with van der Waals surface area (Å²) in [5.41, 5.74) is 0.741. The zero-order valence-electron chi connectivity index (χ0n) is 12.1. The Bertz CT molecular complexity index is 664. The van der Waals surface area contributed by atoms with Crippen LogP contribution in [0.2, 0.25) is 0 Å². The molecule has 1 fully saturated rings. The van der Waals surface area contributed by atoms with E-state index < -0.39 is 0 Å². The molecule has 4 nitrogen and oxygen atoms in total. The van der Waals surface area contributed by atoms with Gasteiger partial charge in [0.2, 0.25) is 0 Å². The van der Waals surface area contributed by atoms with E-state index in [1.165, 1.54) is 12.8 Å². The number of likely N-dealkylation sites (tertiary alicyclic amines) is 1. The van der Waals surface area contributed by atoms with Crippen molar-refractivity contribution in [2.45, 2.75) is 32.7 Å². The van der Waals surface area contributed by atoms with E-state index in [0.29, 0.717) is 5.39 Å². The maximum atomic E-state index is 12.1. The zero-order chi connectivity index (χ0) is 14.1. The highest BCUT2D eigenvalue weighted by Gasteiger charge is 2.23. The largest absolute Gasteiger partial charge is 0.309 e. The van der Waals surface area contributed by atoms with Gasteiger partial charge in [-0.1, -0.05) is 19.1 Å². The summed E-state index contributed by atoms with van der Waals surface area (Å²) in [5.74, 6) is 1.50. The standard InChI is InChI=1S/C16H21N3O/c1-11-6-5-9-19(10-11)12(2)15-17-14-8-4-3-7-13(14)16(20)18-15/h3-4,7-8,11-12H,5-6,9-10H2,1-2H3,(H,17,18,20). The van der Waals surface area contributed by atoms with Gasteiger partial charge in [0.15, 0.2) is 0 Å². The van der Waals surface area contributed by atoms with Crippen LogP contribution in [0.25, 0.3) is 10.9 Å². The van der Waals surface area contributed by atoms with Gasteiger partial charge in [-0.3, -0.25) is 9.69 Å². The fourth-order valence-electron chi connectivity index (χ4n) is 3.05. The summed E-state index contributed by atoms with van der Waals surface area (Å²) in [7, 11) is 0. The van der Waals surface area contributed by atoms with Gasteiger partial charge in [0.05, 0.1) is 16.9 Å². The van der Waals surface area contributed by atoms with E-state index in [1.54, 1.807) is 0 Å². The first-order chi connectivity index (χ1) is 9.65. The van der Waals surface area contributed by atoms with Crippen LogP contribution in [0.1, 0.15) is 38.6 Å². The molecular formula is C16H21N3O. The number of hydrogen-bond donors (Lipinski definition) is 1. The minimum absolute atomic E-state index is 0.0393. The van der Waals surface area contributed by atoms with Crippen LogP contribution in [-0.4, -0.2) is 28.0 Å². The summed E-state index contributed by atoms with van der Waals surface area (Å²) in [6, 6.07) is 7.68. The first-order valence-electron chi connectivity index (χ1n) is 7.38. The number of benzene rings is 1. The van der Waals surface area contributed by atoms with Crippen molar-refractivity contribution < 1.29 is 0 Å². The molecule has 0 bridgehead atoms. The molecule has 2 aromatic rings. The van der Waals surface area contributed by atoms with Crippen molar-refractivity contribution >= 4 is 10.9 Å². The molecule has 1 saturated heterocycles. The number of nitrogens with one attached hydrogen (secondary N) is 1. The van der Waals surface area contributed by atoms with E-state index in [4.69, 9.17) is 0 Å². The molecule has 0 aliphatic carbocycles. The molecule has 1 aromatic heterocycles. The lowest BCUT2D eigenvalue weighted by Crippen LogP contribution is -2.37. The molecule has 1 N–H and O–H groups in total. The molecule has 106 valence electrons. The number of nitrogens with zero attached hydrogens (tertiary/aromatic N) is 2. The molecule has 1 aliphatic rings. The number of aromatic amines is 1. The summed E-state index contributed by atoms with van der Waals surface area (Å²) in [5, 5.41) is 0.662. The molecule has 2 heterocycles. The summed E-state index contributed by atoms with van der Waals surface area (Å²) >= 11 is 0. The third kappa shape index (κ3) is 2.48. The number of rotatable bonds is 2. The van der Waals surface area contributed by atoms with Gasteiger partial charge in [-0.25, -0.2) is 4.98 Å². The lowest BCUT2D eigenvalue weighted by Gasteiger charge is -2.34. The molecule has 2 unspecified atom stereocenters. The lowest BCUT2D eigenvalue weighted by atomic mass is 9.99. The van der Waals surface area contributed by atoms with E-state index in [1.807, 2.05) is 24.3 Å². The normalized spacial score (nSPS) is 22.0. The van der Waals surface area contributed by atoms with E-state index in [2.05, 4.69) is 28.7 Å². The number of aromatic nitrogens is 2. The number of fused-ring (bicyclic) bond motifs is 1. The molecule has 20 heavy (non-hydrogen) atoms. The van der Waals surface area contributed by atoms with Crippen LogP contribution in [0.5, 0.6) is 0 Å². The van der Waals surface area contributed by atoms with Crippen molar-refractivity contribution in [3.05, 3.63) is 40.4 Å². The predicted octanol–water partition coefficient (Wildman–Crippen LogP) is 2.72. The maximum Gasteiger partial charge on any atom is 0.258 e. The van der Waals surface area contributed by atoms with Crippen molar-refractivity contribution in [1.82, 2.24) is 14.9 Å². The van der Waals surface area contributed by atoms with Crippen LogP contribution >= 0.6 is 0 Å². The summed E-state index contributed by atoms with van der Waals surface area (Å²) in [4.78, 5) is 22.1. The van der Waals surface area contributed by atoms with Gasteiger partial charge in [-0.2, -0.15) is 0 Å². The van der Waals surface area contributed by atoms with Crippen molar-refractivity contribution in [2.75, 3.05) is 13.1 Å². The second-order valence-electron chi connectivity index (χ2n) is 5.89. The smallest absolute Gasteiger partial charge is 0.258 e. The molecule has 1 aliphatic heterocycles. The van der Waals surface area contributed by atoms with Gasteiger partial charge in [0.25, 0.3) is 5.56 Å². The molecule has 4 heteroatoms. The van der Waals surface area contributed by atoms with E-state index >= 15 is 0 Å². The second-order valence-corrected chi connectivity index (χ2v) is 5.89. The lowest BCUT2D eigenvalue weighted by molar-refractivity contribution is 0.134. The Morgan fingerprint density at radius 3 is 3.00 bits per heavy atom. The Kier molecular flexibility index (Phi) is 3.57. The van der Waals surface area contributed by atoms with Crippen molar-refractivity contribution in [3.63, 3.8) is 0 Å². The van der Waals surface area contributed by atoms with Gasteiger partial charge in [-0.05, 0) is 44.4 Å². The Labute approximate surface area is 118 Å². The Morgan fingerprint density at radius 1 is 1.40 bits per heavy atom. The van der Waals surface area contributed by atoms with Crippen LogP contribution < -0.4 is 5.56 Å². The van der Waals surface area contributed by atoms with Gasteiger partial charge < -0.3 is 4.98 Å². The fraction of sp³-hybridized carbons (Fsp3) is 0.500. The van der Waals surface area contributed by atoms with Crippen LogP contribution in [0, 0.1) is 5.92 Å². The Hall–Kier alpha value is -1.68. The summed E-state index contributed by atoms with van der Waals surface area (Å²) in [6.45, 7) is 6.58. The zero-order valence-corrected chi connectivity index (χ0v) is 12.1. The summed E-state index contributed by atoms with van der Waals surface area (Å²) in [6.07, 6.45) is 2.52. The second kappa shape index (κ2) is 5.37. The maximum absolute atomic E-state index is 12.1. The molecule has 0 spiro atoms. The Balaban J connectivity index is 1.95. The van der Waals surface area contributed by atoms with E-state index in [9.17, 15) is 4.79 Å². The van der Waals surface area contributed by atoms with Crippen molar-refractivity contribution in [3.8, 4) is 0 Å². The number of para-hydroxylation sites is 1. The first-order valence-corrected chi connectivity index (χ1v) is 7.38. The molecule has 3 rings (SSSR count). The van der Waals surface area contributed by atoms with Crippen LogP contribution in [0.15, 0.2) is 29.1 Å². The van der Waals surface area contributed by atoms with E-state index in [0.717, 1.165) is 30.3 Å². The average Bonchev–Trinajstić information content (AvgIpc) is 2.46. The number of H-pyrrole nitrogens is 1. The van der Waals surface area contributed by atoms with Gasteiger partial charge in [0.1, 0.15) is 5.82 Å². The quantitative estimate of drug-likeness (QED) is 0.913. The molecular weight excluding hydrogens is 250 g/mol. The van der Waals surface area contributed by atoms with E-state index in [-0.39, 0.29) is 11.6 Å². The van der Waals surface area contributed by atoms with Crippen LogP contribution in [-0.2, 0) is 0 Å². The summed E-state index contributed by atoms with van der Waals surface area (Å²) < 4.78 is 0. The number of piperidine rings is 1.